The van der Waals surface area contributed by atoms with Gasteiger partial charge in [-0.05, 0) is 30.7 Å². The number of nitrogens with zero attached hydrogens (tertiary/aromatic N) is 2. The van der Waals surface area contributed by atoms with Crippen LogP contribution < -0.4 is 5.73 Å². The van der Waals surface area contributed by atoms with Gasteiger partial charge in [-0.1, -0.05) is 30.3 Å². The summed E-state index contributed by atoms with van der Waals surface area (Å²) in [6.45, 7) is 3.23. The molecule has 6 nitrogen and oxygen atoms in total. The zero-order valence-corrected chi connectivity index (χ0v) is 14.6. The Morgan fingerprint density at radius 3 is 2.52 bits per heavy atom. The quantitative estimate of drug-likeness (QED) is 0.850. The molecule has 2 aliphatic rings. The highest BCUT2D eigenvalue weighted by Crippen LogP contribution is 2.22. The summed E-state index contributed by atoms with van der Waals surface area (Å²) in [6, 6.07) is 10.0. The van der Waals surface area contributed by atoms with Crippen LogP contribution in [0.15, 0.2) is 30.3 Å². The van der Waals surface area contributed by atoms with Gasteiger partial charge in [0, 0.05) is 19.6 Å². The molecule has 0 saturated carbocycles. The van der Waals surface area contributed by atoms with Crippen molar-refractivity contribution in [2.24, 2.45) is 11.7 Å². The van der Waals surface area contributed by atoms with E-state index >= 15 is 0 Å². The van der Waals surface area contributed by atoms with Crippen molar-refractivity contribution >= 4 is 11.8 Å². The Morgan fingerprint density at radius 1 is 1.12 bits per heavy atom. The lowest BCUT2D eigenvalue weighted by Crippen LogP contribution is -2.55. The van der Waals surface area contributed by atoms with Crippen molar-refractivity contribution in [2.75, 3.05) is 39.4 Å². The zero-order chi connectivity index (χ0) is 17.6. The van der Waals surface area contributed by atoms with Crippen molar-refractivity contribution in [3.05, 3.63) is 35.9 Å². The smallest absolute Gasteiger partial charge is 0.237 e. The van der Waals surface area contributed by atoms with Gasteiger partial charge in [0.25, 0.3) is 0 Å². The molecule has 1 atom stereocenters. The number of hydrogen-bond acceptors (Lipinski definition) is 4. The fourth-order valence-corrected chi connectivity index (χ4v) is 3.70. The van der Waals surface area contributed by atoms with E-state index in [2.05, 4.69) is 24.3 Å². The molecule has 136 valence electrons. The van der Waals surface area contributed by atoms with Crippen molar-refractivity contribution < 1.29 is 14.3 Å². The molecule has 3 rings (SSSR count). The molecule has 2 saturated heterocycles. The molecular weight excluding hydrogens is 318 g/mol. The fraction of sp³-hybridized carbons (Fsp3) is 0.579. The maximum Gasteiger partial charge on any atom is 0.237 e. The first-order valence-electron chi connectivity index (χ1n) is 9.06. The lowest BCUT2D eigenvalue weighted by atomic mass is 9.90. The van der Waals surface area contributed by atoms with E-state index in [1.165, 1.54) is 5.56 Å². The number of benzene rings is 1. The summed E-state index contributed by atoms with van der Waals surface area (Å²) in [6.07, 6.45) is 3.14. The highest BCUT2D eigenvalue weighted by atomic mass is 16.5. The van der Waals surface area contributed by atoms with Crippen LogP contribution in [0.4, 0.5) is 0 Å². The van der Waals surface area contributed by atoms with Gasteiger partial charge in [0.2, 0.25) is 11.8 Å². The molecule has 0 bridgehead atoms. The predicted octanol–water partition coefficient (Wildman–Crippen LogP) is 0.654. The number of carbonyl (C=O) groups is 2. The van der Waals surface area contributed by atoms with Crippen LogP contribution in [0.1, 0.15) is 18.4 Å². The Labute approximate surface area is 148 Å². The Kier molecular flexibility index (Phi) is 6.04. The lowest BCUT2D eigenvalue weighted by molar-refractivity contribution is -0.139. The second kappa shape index (κ2) is 8.45. The van der Waals surface area contributed by atoms with Crippen LogP contribution in [0, 0.1) is 5.92 Å². The molecule has 0 unspecified atom stereocenters. The van der Waals surface area contributed by atoms with Crippen molar-refractivity contribution in [3.63, 3.8) is 0 Å². The minimum absolute atomic E-state index is 0.0892. The SMILES string of the molecule is NC(=O)[C@H]1COCCN1CC(=O)N1CCC(Cc2ccccc2)CC1. The van der Waals surface area contributed by atoms with Crippen LogP contribution in [-0.2, 0) is 20.7 Å². The van der Waals surface area contributed by atoms with Gasteiger partial charge >= 0.3 is 0 Å². The van der Waals surface area contributed by atoms with Crippen LogP contribution in [0.25, 0.3) is 0 Å². The number of nitrogens with two attached hydrogens (primary N) is 1. The monoisotopic (exact) mass is 345 g/mol. The van der Waals surface area contributed by atoms with Gasteiger partial charge in [-0.25, -0.2) is 0 Å². The van der Waals surface area contributed by atoms with Crippen molar-refractivity contribution in [2.45, 2.75) is 25.3 Å². The third-order valence-electron chi connectivity index (χ3n) is 5.24. The fourth-order valence-electron chi connectivity index (χ4n) is 3.70. The van der Waals surface area contributed by atoms with E-state index in [-0.39, 0.29) is 19.1 Å². The molecule has 1 aromatic carbocycles. The van der Waals surface area contributed by atoms with Crippen LogP contribution in [0.2, 0.25) is 0 Å². The van der Waals surface area contributed by atoms with Gasteiger partial charge < -0.3 is 15.4 Å². The summed E-state index contributed by atoms with van der Waals surface area (Å²) < 4.78 is 5.30. The first kappa shape index (κ1) is 17.9. The van der Waals surface area contributed by atoms with E-state index in [1.807, 2.05) is 15.9 Å². The summed E-state index contributed by atoms with van der Waals surface area (Å²) in [7, 11) is 0. The second-order valence-corrected chi connectivity index (χ2v) is 6.98. The number of piperidine rings is 1. The number of likely N-dealkylation sites (tertiary alicyclic amines) is 1. The average molecular weight is 345 g/mol. The van der Waals surface area contributed by atoms with E-state index in [4.69, 9.17) is 10.5 Å². The van der Waals surface area contributed by atoms with Crippen LogP contribution in [0.3, 0.4) is 0 Å². The summed E-state index contributed by atoms with van der Waals surface area (Å²) in [4.78, 5) is 27.9. The molecule has 2 N–H and O–H groups in total. The maximum absolute atomic E-state index is 12.6. The molecule has 0 spiro atoms. The Morgan fingerprint density at radius 2 is 1.84 bits per heavy atom. The number of hydrogen-bond donors (Lipinski definition) is 1. The average Bonchev–Trinajstić information content (AvgIpc) is 2.63. The highest BCUT2D eigenvalue weighted by molar-refractivity contribution is 5.82. The largest absolute Gasteiger partial charge is 0.378 e. The number of primary amides is 1. The van der Waals surface area contributed by atoms with Gasteiger partial charge in [-0.2, -0.15) is 0 Å². The molecule has 2 aliphatic heterocycles. The molecule has 2 amide bonds. The van der Waals surface area contributed by atoms with E-state index in [9.17, 15) is 9.59 Å². The zero-order valence-electron chi connectivity index (χ0n) is 14.6. The van der Waals surface area contributed by atoms with E-state index in [1.54, 1.807) is 0 Å². The minimum Gasteiger partial charge on any atom is -0.378 e. The molecule has 0 aliphatic carbocycles. The van der Waals surface area contributed by atoms with Crippen molar-refractivity contribution in [1.82, 2.24) is 9.80 Å². The molecule has 2 fully saturated rings. The van der Waals surface area contributed by atoms with Gasteiger partial charge in [0.1, 0.15) is 6.04 Å². The van der Waals surface area contributed by atoms with Crippen LogP contribution in [0.5, 0.6) is 0 Å². The molecule has 2 heterocycles. The summed E-state index contributed by atoms with van der Waals surface area (Å²) in [5.41, 5.74) is 6.78. The standard InChI is InChI=1S/C19H27N3O3/c20-19(24)17-14-25-11-10-22(17)13-18(23)21-8-6-16(7-9-21)12-15-4-2-1-3-5-15/h1-5,16-17H,6-14H2,(H2,20,24)/t17-/m1/s1. The molecular formula is C19H27N3O3. The topological polar surface area (TPSA) is 75.9 Å². The third-order valence-corrected chi connectivity index (χ3v) is 5.24. The maximum atomic E-state index is 12.6. The van der Waals surface area contributed by atoms with Gasteiger partial charge in [0.05, 0.1) is 19.8 Å². The van der Waals surface area contributed by atoms with Crippen molar-refractivity contribution in [1.29, 1.82) is 0 Å². The predicted molar refractivity (Wildman–Crippen MR) is 94.8 cm³/mol. The highest BCUT2D eigenvalue weighted by Gasteiger charge is 2.31. The van der Waals surface area contributed by atoms with E-state index in [0.29, 0.717) is 19.1 Å². The lowest BCUT2D eigenvalue weighted by Gasteiger charge is -2.36. The van der Waals surface area contributed by atoms with Gasteiger partial charge in [-0.15, -0.1) is 0 Å². The molecule has 1 aromatic rings. The van der Waals surface area contributed by atoms with Gasteiger partial charge in [-0.3, -0.25) is 14.5 Å². The molecule has 0 radical (unpaired) electrons. The summed E-state index contributed by atoms with van der Waals surface area (Å²) >= 11 is 0. The minimum atomic E-state index is -0.492. The van der Waals surface area contributed by atoms with Crippen molar-refractivity contribution in [3.8, 4) is 0 Å². The molecule has 6 heteroatoms. The Bertz CT molecular complexity index is 585. The summed E-state index contributed by atoms with van der Waals surface area (Å²) in [5, 5.41) is 0. The number of rotatable bonds is 5. The van der Waals surface area contributed by atoms with Gasteiger partial charge in [0.15, 0.2) is 0 Å². The Balaban J connectivity index is 1.47. The number of morpholine rings is 1. The van der Waals surface area contributed by atoms with Crippen LogP contribution in [-0.4, -0.2) is 67.0 Å². The second-order valence-electron chi connectivity index (χ2n) is 6.98. The number of amides is 2. The Hall–Kier alpha value is -1.92. The van der Waals surface area contributed by atoms with E-state index in [0.717, 1.165) is 32.4 Å². The molecule has 0 aromatic heterocycles. The van der Waals surface area contributed by atoms with E-state index < -0.39 is 11.9 Å². The molecule has 25 heavy (non-hydrogen) atoms. The summed E-state index contributed by atoms with van der Waals surface area (Å²) in [5.74, 6) is 0.300. The first-order valence-corrected chi connectivity index (χ1v) is 9.06. The van der Waals surface area contributed by atoms with Crippen LogP contribution >= 0.6 is 0 Å². The third kappa shape index (κ3) is 4.80. The normalized spacial score (nSPS) is 22.7. The first-order chi connectivity index (χ1) is 12.1. The number of ether oxygens (including phenoxy) is 1. The number of carbonyl (C=O) groups excluding carboxylic acids is 2.